The quantitative estimate of drug-likeness (QED) is 0.880. The molecule has 5 nitrogen and oxygen atoms in total. The summed E-state index contributed by atoms with van der Waals surface area (Å²) >= 11 is 7.54. The predicted octanol–water partition coefficient (Wildman–Crippen LogP) is 1.22. The first-order chi connectivity index (χ1) is 10.6. The molecule has 1 aromatic carbocycles. The van der Waals surface area contributed by atoms with Gasteiger partial charge in [0.1, 0.15) is 6.04 Å². The highest BCUT2D eigenvalue weighted by atomic mass is 35.5. The monoisotopic (exact) mass is 339 g/mol. The van der Waals surface area contributed by atoms with Crippen LogP contribution in [0.2, 0.25) is 5.02 Å². The van der Waals surface area contributed by atoms with Crippen LogP contribution in [0.5, 0.6) is 0 Å². The van der Waals surface area contributed by atoms with Crippen LogP contribution in [-0.2, 0) is 9.59 Å². The molecular weight excluding hydrogens is 322 g/mol. The molecule has 2 aliphatic rings. The lowest BCUT2D eigenvalue weighted by Gasteiger charge is -2.38. The Hall–Kier alpha value is -1.40. The van der Waals surface area contributed by atoms with Crippen LogP contribution in [0, 0.1) is 0 Å². The Morgan fingerprint density at radius 3 is 2.73 bits per heavy atom. The van der Waals surface area contributed by atoms with E-state index in [1.54, 1.807) is 0 Å². The molecule has 2 fully saturated rings. The summed E-state index contributed by atoms with van der Waals surface area (Å²) in [6, 6.07) is 7.39. The van der Waals surface area contributed by atoms with Crippen molar-refractivity contribution in [3.63, 3.8) is 0 Å². The molecule has 3 rings (SSSR count). The number of halogens is 1. The minimum Gasteiger partial charge on any atom is -0.368 e. The Bertz CT molecular complexity index is 576. The number of carbonyl (C=O) groups is 2. The lowest BCUT2D eigenvalue weighted by molar-refractivity contribution is -0.135. The predicted molar refractivity (Wildman–Crippen MR) is 89.5 cm³/mol. The number of amides is 2. The van der Waals surface area contributed by atoms with Gasteiger partial charge < -0.3 is 15.1 Å². The molecule has 0 aromatic heterocycles. The van der Waals surface area contributed by atoms with Crippen molar-refractivity contribution in [2.24, 2.45) is 0 Å². The van der Waals surface area contributed by atoms with Crippen LogP contribution in [0.4, 0.5) is 5.69 Å². The number of nitrogens with one attached hydrogen (secondary N) is 1. The van der Waals surface area contributed by atoms with Gasteiger partial charge in [-0.2, -0.15) is 0 Å². The van der Waals surface area contributed by atoms with E-state index in [0.717, 1.165) is 23.8 Å². The summed E-state index contributed by atoms with van der Waals surface area (Å²) in [7, 11) is 0. The average molecular weight is 340 g/mol. The fourth-order valence-corrected chi connectivity index (χ4v) is 3.79. The van der Waals surface area contributed by atoms with Crippen LogP contribution in [0.1, 0.15) is 0 Å². The summed E-state index contributed by atoms with van der Waals surface area (Å²) in [6.45, 7) is 2.89. The summed E-state index contributed by atoms with van der Waals surface area (Å²) in [5.74, 6) is 1.10. The summed E-state index contributed by atoms with van der Waals surface area (Å²) in [6.07, 6.45) is 0. The van der Waals surface area contributed by atoms with E-state index >= 15 is 0 Å². The van der Waals surface area contributed by atoms with E-state index in [0.29, 0.717) is 24.6 Å². The molecule has 1 unspecified atom stereocenters. The van der Waals surface area contributed by atoms with Gasteiger partial charge >= 0.3 is 0 Å². The first-order valence-electron chi connectivity index (χ1n) is 7.30. The van der Waals surface area contributed by atoms with E-state index in [1.165, 1.54) is 11.8 Å². The summed E-state index contributed by atoms with van der Waals surface area (Å²) in [4.78, 5) is 27.9. The van der Waals surface area contributed by atoms with Crippen molar-refractivity contribution in [2.45, 2.75) is 6.04 Å². The number of anilines is 1. The highest BCUT2D eigenvalue weighted by Gasteiger charge is 2.30. The second kappa shape index (κ2) is 6.79. The van der Waals surface area contributed by atoms with Crippen molar-refractivity contribution in [2.75, 3.05) is 42.6 Å². The molecule has 7 heteroatoms. The molecular formula is C15H18ClN3O2S. The Labute approximate surface area is 139 Å². The minimum atomic E-state index is -0.371. The molecule has 0 aliphatic carbocycles. The van der Waals surface area contributed by atoms with Crippen molar-refractivity contribution in [3.8, 4) is 0 Å². The smallest absolute Gasteiger partial charge is 0.246 e. The molecule has 0 bridgehead atoms. The van der Waals surface area contributed by atoms with Crippen LogP contribution in [0.15, 0.2) is 24.3 Å². The zero-order chi connectivity index (χ0) is 15.5. The van der Waals surface area contributed by atoms with E-state index in [-0.39, 0.29) is 17.9 Å². The van der Waals surface area contributed by atoms with E-state index < -0.39 is 0 Å². The zero-order valence-electron chi connectivity index (χ0n) is 12.1. The number of hydrogen-bond acceptors (Lipinski definition) is 4. The summed E-state index contributed by atoms with van der Waals surface area (Å²) in [5, 5.41) is 3.50. The SMILES string of the molecule is O=C1CSCC(C(=O)N2CCN(c3cccc(Cl)c3)CC2)N1. The van der Waals surface area contributed by atoms with Gasteiger partial charge in [0.25, 0.3) is 0 Å². The van der Waals surface area contributed by atoms with Gasteiger partial charge in [-0.05, 0) is 18.2 Å². The molecule has 0 spiro atoms. The zero-order valence-corrected chi connectivity index (χ0v) is 13.7. The molecule has 1 N–H and O–H groups in total. The van der Waals surface area contributed by atoms with Gasteiger partial charge in [0.2, 0.25) is 11.8 Å². The third-order valence-corrected chi connectivity index (χ3v) is 5.19. The van der Waals surface area contributed by atoms with Crippen LogP contribution < -0.4 is 10.2 Å². The van der Waals surface area contributed by atoms with Gasteiger partial charge in [0.15, 0.2) is 0 Å². The first kappa shape index (κ1) is 15.5. The Balaban J connectivity index is 1.57. The van der Waals surface area contributed by atoms with Crippen molar-refractivity contribution in [1.82, 2.24) is 10.2 Å². The van der Waals surface area contributed by atoms with Gasteiger partial charge in [0.05, 0.1) is 5.75 Å². The largest absolute Gasteiger partial charge is 0.368 e. The van der Waals surface area contributed by atoms with Crippen LogP contribution in [0.25, 0.3) is 0 Å². The molecule has 0 radical (unpaired) electrons. The van der Waals surface area contributed by atoms with Crippen molar-refractivity contribution in [3.05, 3.63) is 29.3 Å². The van der Waals surface area contributed by atoms with E-state index in [9.17, 15) is 9.59 Å². The van der Waals surface area contributed by atoms with Crippen molar-refractivity contribution < 1.29 is 9.59 Å². The van der Waals surface area contributed by atoms with Gasteiger partial charge in [-0.1, -0.05) is 17.7 Å². The van der Waals surface area contributed by atoms with E-state index in [2.05, 4.69) is 10.2 Å². The molecule has 2 aliphatic heterocycles. The summed E-state index contributed by atoms with van der Waals surface area (Å²) in [5.41, 5.74) is 1.08. The fourth-order valence-electron chi connectivity index (χ4n) is 2.76. The van der Waals surface area contributed by atoms with E-state index in [4.69, 9.17) is 11.6 Å². The van der Waals surface area contributed by atoms with Gasteiger partial charge in [-0.25, -0.2) is 0 Å². The van der Waals surface area contributed by atoms with Crippen molar-refractivity contribution in [1.29, 1.82) is 0 Å². The molecule has 118 valence electrons. The Morgan fingerprint density at radius 2 is 2.05 bits per heavy atom. The molecule has 2 saturated heterocycles. The van der Waals surface area contributed by atoms with Gasteiger partial charge in [-0.3, -0.25) is 9.59 Å². The molecule has 2 amide bonds. The number of thioether (sulfide) groups is 1. The number of hydrogen-bond donors (Lipinski definition) is 1. The van der Waals surface area contributed by atoms with E-state index in [1.807, 2.05) is 29.2 Å². The molecule has 22 heavy (non-hydrogen) atoms. The Kier molecular flexibility index (Phi) is 4.78. The minimum absolute atomic E-state index is 0.0336. The standard InChI is InChI=1S/C15H18ClN3O2S/c16-11-2-1-3-12(8-11)18-4-6-19(7-5-18)15(21)13-9-22-10-14(20)17-13/h1-3,8,13H,4-7,9-10H2,(H,17,20). The summed E-state index contributed by atoms with van der Waals surface area (Å²) < 4.78 is 0. The molecule has 1 aromatic rings. The molecule has 2 heterocycles. The van der Waals surface area contributed by atoms with Crippen LogP contribution in [0.3, 0.4) is 0 Å². The third kappa shape index (κ3) is 3.50. The third-order valence-electron chi connectivity index (χ3n) is 3.92. The maximum Gasteiger partial charge on any atom is 0.246 e. The van der Waals surface area contributed by atoms with Crippen molar-refractivity contribution >= 4 is 40.9 Å². The number of rotatable bonds is 2. The first-order valence-corrected chi connectivity index (χ1v) is 8.83. The lowest BCUT2D eigenvalue weighted by atomic mass is 10.2. The highest BCUT2D eigenvalue weighted by Crippen LogP contribution is 2.21. The van der Waals surface area contributed by atoms with Crippen LogP contribution >= 0.6 is 23.4 Å². The lowest BCUT2D eigenvalue weighted by Crippen LogP contribution is -2.57. The maximum absolute atomic E-state index is 12.5. The molecule has 1 atom stereocenters. The highest BCUT2D eigenvalue weighted by molar-refractivity contribution is 8.00. The second-order valence-corrected chi connectivity index (χ2v) is 6.89. The average Bonchev–Trinajstić information content (AvgIpc) is 2.54. The Morgan fingerprint density at radius 1 is 1.27 bits per heavy atom. The normalized spacial score (nSPS) is 22.4. The number of benzene rings is 1. The number of piperazine rings is 1. The number of carbonyl (C=O) groups excluding carboxylic acids is 2. The second-order valence-electron chi connectivity index (χ2n) is 5.43. The van der Waals surface area contributed by atoms with Gasteiger partial charge in [-0.15, -0.1) is 11.8 Å². The molecule has 0 saturated carbocycles. The fraction of sp³-hybridized carbons (Fsp3) is 0.467. The number of nitrogens with zero attached hydrogens (tertiary/aromatic N) is 2. The van der Waals surface area contributed by atoms with Crippen LogP contribution in [-0.4, -0.2) is 60.4 Å². The topological polar surface area (TPSA) is 52.7 Å². The maximum atomic E-state index is 12.5. The van der Waals surface area contributed by atoms with Gasteiger partial charge in [0, 0.05) is 42.6 Å².